The van der Waals surface area contributed by atoms with Gasteiger partial charge in [0.2, 0.25) is 5.52 Å². The van der Waals surface area contributed by atoms with Gasteiger partial charge in [-0.25, -0.2) is 0 Å². The van der Waals surface area contributed by atoms with Crippen molar-refractivity contribution in [2.45, 2.75) is 13.3 Å². The van der Waals surface area contributed by atoms with E-state index < -0.39 is 4.92 Å². The van der Waals surface area contributed by atoms with E-state index in [0.29, 0.717) is 40.1 Å². The van der Waals surface area contributed by atoms with Crippen molar-refractivity contribution in [2.24, 2.45) is 0 Å². The number of rotatable bonds is 4. The highest BCUT2D eigenvalue weighted by molar-refractivity contribution is 5.92. The fourth-order valence-corrected chi connectivity index (χ4v) is 2.51. The van der Waals surface area contributed by atoms with E-state index in [1.165, 1.54) is 19.2 Å². The van der Waals surface area contributed by atoms with Crippen molar-refractivity contribution in [2.75, 3.05) is 7.11 Å². The molecule has 0 bridgehead atoms. The molecular formula is C16H14N2O5. The van der Waals surface area contributed by atoms with Gasteiger partial charge in [0.25, 0.3) is 0 Å². The van der Waals surface area contributed by atoms with Gasteiger partial charge in [0.1, 0.15) is 16.4 Å². The maximum atomic E-state index is 12.4. The van der Waals surface area contributed by atoms with Crippen molar-refractivity contribution >= 4 is 16.8 Å². The highest BCUT2D eigenvalue weighted by Gasteiger charge is 2.20. The molecule has 2 aromatic heterocycles. The molecule has 0 atom stereocenters. The zero-order valence-corrected chi connectivity index (χ0v) is 12.6. The molecule has 7 heteroatoms. The number of hydrogen-bond donors (Lipinski definition) is 0. The van der Waals surface area contributed by atoms with E-state index in [1.807, 2.05) is 6.92 Å². The van der Waals surface area contributed by atoms with E-state index in [4.69, 9.17) is 9.15 Å². The van der Waals surface area contributed by atoms with E-state index in [1.54, 1.807) is 24.3 Å². The predicted octanol–water partition coefficient (Wildman–Crippen LogP) is 3.21. The molecule has 0 unspecified atom stereocenters. The Morgan fingerprint density at radius 2 is 2.04 bits per heavy atom. The van der Waals surface area contributed by atoms with Gasteiger partial charge in [-0.05, 0) is 18.2 Å². The van der Waals surface area contributed by atoms with Crippen molar-refractivity contribution in [3.05, 3.63) is 57.4 Å². The molecule has 0 spiro atoms. The summed E-state index contributed by atoms with van der Waals surface area (Å²) in [5.41, 5.74) is 1.61. The number of aryl methyl sites for hydroxylation is 1. The third-order valence-corrected chi connectivity index (χ3v) is 3.69. The topological polar surface area (TPSA) is 92.5 Å². The molecule has 0 aliphatic heterocycles. The van der Waals surface area contributed by atoms with E-state index >= 15 is 0 Å². The molecule has 7 nitrogen and oxygen atoms in total. The number of methoxy groups -OCH3 is 1. The molecule has 0 saturated carbocycles. The molecule has 1 aromatic carbocycles. The zero-order chi connectivity index (χ0) is 16.6. The molecule has 0 fully saturated rings. The minimum Gasteiger partial charge on any atom is -0.618 e. The molecule has 0 aliphatic rings. The van der Waals surface area contributed by atoms with Crippen LogP contribution in [-0.4, -0.2) is 12.0 Å². The van der Waals surface area contributed by atoms with Gasteiger partial charge < -0.3 is 14.4 Å². The van der Waals surface area contributed by atoms with Crippen LogP contribution in [0.1, 0.15) is 12.6 Å². The summed E-state index contributed by atoms with van der Waals surface area (Å²) >= 11 is 0. The van der Waals surface area contributed by atoms with Crippen LogP contribution in [0.25, 0.3) is 22.2 Å². The van der Waals surface area contributed by atoms with Crippen LogP contribution in [0, 0.1) is 15.3 Å². The summed E-state index contributed by atoms with van der Waals surface area (Å²) in [4.78, 5) is 10.2. The SMILES string of the molecule is CCc1cc(-c2ccc([N+](=O)[O-])o2)c2ccc(OC)cc2[n+]1[O-]. The number of nitro groups is 1. The van der Waals surface area contributed by atoms with Gasteiger partial charge in [0.05, 0.1) is 24.6 Å². The van der Waals surface area contributed by atoms with Gasteiger partial charge in [-0.3, -0.25) is 10.1 Å². The van der Waals surface area contributed by atoms with Gasteiger partial charge in [-0.15, -0.1) is 0 Å². The highest BCUT2D eigenvalue weighted by atomic mass is 16.6. The molecular weight excluding hydrogens is 300 g/mol. The van der Waals surface area contributed by atoms with Gasteiger partial charge in [-0.2, -0.15) is 4.73 Å². The molecule has 23 heavy (non-hydrogen) atoms. The summed E-state index contributed by atoms with van der Waals surface area (Å²) in [5.74, 6) is 0.576. The van der Waals surface area contributed by atoms with Crippen LogP contribution >= 0.6 is 0 Å². The monoisotopic (exact) mass is 314 g/mol. The van der Waals surface area contributed by atoms with Gasteiger partial charge in [0, 0.05) is 18.1 Å². The minimum absolute atomic E-state index is 0.335. The Kier molecular flexibility index (Phi) is 3.61. The van der Waals surface area contributed by atoms with E-state index in [9.17, 15) is 15.3 Å². The standard InChI is InChI=1S/C16H14N2O5/c1-3-10-8-13(15-6-7-16(23-15)18(20)21)12-5-4-11(22-2)9-14(12)17(10)19/h4-9H,3H2,1-2H3. The summed E-state index contributed by atoms with van der Waals surface area (Å²) < 4.78 is 11.3. The normalized spacial score (nSPS) is 10.9. The average Bonchev–Trinajstić information content (AvgIpc) is 3.05. The number of fused-ring (bicyclic) bond motifs is 1. The van der Waals surface area contributed by atoms with E-state index in [-0.39, 0.29) is 5.88 Å². The Bertz CT molecular complexity index is 901. The summed E-state index contributed by atoms with van der Waals surface area (Å²) in [6, 6.07) is 9.65. The van der Waals surface area contributed by atoms with Gasteiger partial charge in [0.15, 0.2) is 5.69 Å². The number of hydrogen-bond acceptors (Lipinski definition) is 5. The van der Waals surface area contributed by atoms with Crippen LogP contribution in [0.4, 0.5) is 5.88 Å². The zero-order valence-electron chi connectivity index (χ0n) is 12.6. The number of furan rings is 1. The fraction of sp³-hybridized carbons (Fsp3) is 0.188. The summed E-state index contributed by atoms with van der Waals surface area (Å²) in [7, 11) is 1.52. The summed E-state index contributed by atoms with van der Waals surface area (Å²) in [6.45, 7) is 1.87. The maximum absolute atomic E-state index is 12.4. The smallest absolute Gasteiger partial charge is 0.433 e. The van der Waals surface area contributed by atoms with Crippen molar-refractivity contribution in [1.29, 1.82) is 0 Å². The van der Waals surface area contributed by atoms with Crippen molar-refractivity contribution < 1.29 is 18.8 Å². The lowest BCUT2D eigenvalue weighted by atomic mass is 10.0. The molecule has 0 N–H and O–H groups in total. The van der Waals surface area contributed by atoms with Crippen LogP contribution in [0.15, 0.2) is 40.8 Å². The second-order valence-electron chi connectivity index (χ2n) is 4.98. The quantitative estimate of drug-likeness (QED) is 0.319. The van der Waals surface area contributed by atoms with Crippen molar-refractivity contribution in [3.63, 3.8) is 0 Å². The van der Waals surface area contributed by atoms with Crippen LogP contribution in [0.3, 0.4) is 0 Å². The van der Waals surface area contributed by atoms with Crippen LogP contribution in [0.2, 0.25) is 0 Å². The molecule has 2 heterocycles. The van der Waals surface area contributed by atoms with Crippen molar-refractivity contribution in [3.8, 4) is 17.1 Å². The molecule has 3 aromatic rings. The highest BCUT2D eigenvalue weighted by Crippen LogP contribution is 2.33. The first-order chi connectivity index (χ1) is 11.0. The Hall–Kier alpha value is -3.09. The predicted molar refractivity (Wildman–Crippen MR) is 83.2 cm³/mol. The molecule has 0 aliphatic carbocycles. The molecule has 0 amide bonds. The maximum Gasteiger partial charge on any atom is 0.433 e. The Morgan fingerprint density at radius 3 is 2.65 bits per heavy atom. The van der Waals surface area contributed by atoms with Crippen molar-refractivity contribution in [1.82, 2.24) is 0 Å². The lowest BCUT2D eigenvalue weighted by Crippen LogP contribution is -2.32. The van der Waals surface area contributed by atoms with Crippen LogP contribution in [-0.2, 0) is 6.42 Å². The first-order valence-electron chi connectivity index (χ1n) is 7.03. The van der Waals surface area contributed by atoms with Gasteiger partial charge in [-0.1, -0.05) is 6.92 Å². The molecule has 0 saturated heterocycles. The van der Waals surface area contributed by atoms with E-state index in [0.717, 1.165) is 4.73 Å². The number of ether oxygens (including phenoxy) is 1. The molecule has 0 radical (unpaired) electrons. The van der Waals surface area contributed by atoms with Gasteiger partial charge >= 0.3 is 5.88 Å². The second kappa shape index (κ2) is 5.60. The number of pyridine rings is 1. The molecule has 118 valence electrons. The summed E-state index contributed by atoms with van der Waals surface area (Å²) in [5, 5.41) is 23.9. The minimum atomic E-state index is -0.591. The lowest BCUT2D eigenvalue weighted by Gasteiger charge is -2.10. The lowest BCUT2D eigenvalue weighted by molar-refractivity contribution is -0.585. The first kappa shape index (κ1) is 14.8. The molecule has 3 rings (SSSR count). The Balaban J connectivity index is 2.30. The largest absolute Gasteiger partial charge is 0.618 e. The second-order valence-corrected chi connectivity index (χ2v) is 4.98. The third kappa shape index (κ3) is 2.46. The Labute approximate surface area is 131 Å². The van der Waals surface area contributed by atoms with Crippen LogP contribution < -0.4 is 9.47 Å². The Morgan fingerprint density at radius 1 is 1.26 bits per heavy atom. The summed E-state index contributed by atoms with van der Waals surface area (Å²) in [6.07, 6.45) is 0.520. The number of aromatic nitrogens is 1. The van der Waals surface area contributed by atoms with Crippen LogP contribution in [0.5, 0.6) is 5.75 Å². The average molecular weight is 314 g/mol. The number of benzene rings is 1. The number of nitrogens with zero attached hydrogens (tertiary/aromatic N) is 2. The first-order valence-corrected chi connectivity index (χ1v) is 7.03. The third-order valence-electron chi connectivity index (χ3n) is 3.69. The fourth-order valence-electron chi connectivity index (χ4n) is 2.51. The van der Waals surface area contributed by atoms with E-state index in [2.05, 4.69) is 0 Å².